The number of halogens is 2. The molecular formula is C18H18ClFN6O2. The Kier molecular flexibility index (Phi) is 5.25. The second-order valence-electron chi connectivity index (χ2n) is 6.50. The SMILES string of the molecule is O=C(Nc1ccc(F)c(Cl)c1)N(Cc1nnc2n1CCCCC2)c1ccon1. The van der Waals surface area contributed by atoms with Crippen molar-refractivity contribution in [1.29, 1.82) is 0 Å². The second kappa shape index (κ2) is 7.97. The number of carbonyl (C=O) groups is 1. The second-order valence-corrected chi connectivity index (χ2v) is 6.90. The van der Waals surface area contributed by atoms with E-state index in [9.17, 15) is 9.18 Å². The zero-order valence-corrected chi connectivity index (χ0v) is 15.7. The number of carbonyl (C=O) groups excluding carboxylic acids is 1. The lowest BCUT2D eigenvalue weighted by Crippen LogP contribution is -2.35. The molecule has 146 valence electrons. The Labute approximate surface area is 165 Å². The van der Waals surface area contributed by atoms with Gasteiger partial charge in [0.25, 0.3) is 0 Å². The molecule has 4 rings (SSSR count). The highest BCUT2D eigenvalue weighted by molar-refractivity contribution is 6.31. The van der Waals surface area contributed by atoms with Crippen molar-refractivity contribution in [3.05, 3.63) is 53.0 Å². The first-order valence-corrected chi connectivity index (χ1v) is 9.34. The molecule has 2 amide bonds. The molecule has 0 fully saturated rings. The molecule has 1 N–H and O–H groups in total. The van der Waals surface area contributed by atoms with Crippen molar-refractivity contribution in [1.82, 2.24) is 19.9 Å². The van der Waals surface area contributed by atoms with Crippen LogP contribution in [0.4, 0.5) is 20.7 Å². The largest absolute Gasteiger partial charge is 0.363 e. The van der Waals surface area contributed by atoms with Gasteiger partial charge in [0, 0.05) is 24.7 Å². The molecule has 0 spiro atoms. The van der Waals surface area contributed by atoms with E-state index in [4.69, 9.17) is 16.1 Å². The Bertz CT molecular complexity index is 975. The van der Waals surface area contributed by atoms with Crippen LogP contribution < -0.4 is 10.2 Å². The highest BCUT2D eigenvalue weighted by Crippen LogP contribution is 2.22. The van der Waals surface area contributed by atoms with Gasteiger partial charge in [-0.25, -0.2) is 9.18 Å². The summed E-state index contributed by atoms with van der Waals surface area (Å²) in [5, 5.41) is 15.0. The fourth-order valence-electron chi connectivity index (χ4n) is 3.17. The van der Waals surface area contributed by atoms with Crippen molar-refractivity contribution in [3.8, 4) is 0 Å². The monoisotopic (exact) mass is 404 g/mol. The fourth-order valence-corrected chi connectivity index (χ4v) is 3.35. The van der Waals surface area contributed by atoms with Gasteiger partial charge in [-0.2, -0.15) is 0 Å². The normalized spacial score (nSPS) is 13.6. The number of aryl methyl sites for hydroxylation is 1. The minimum absolute atomic E-state index is 0.0754. The van der Waals surface area contributed by atoms with Gasteiger partial charge in [0.15, 0.2) is 11.6 Å². The maximum absolute atomic E-state index is 13.4. The number of urea groups is 1. The van der Waals surface area contributed by atoms with Gasteiger partial charge >= 0.3 is 6.03 Å². The molecule has 1 aliphatic heterocycles. The molecule has 0 saturated carbocycles. The Morgan fingerprint density at radius 1 is 1.29 bits per heavy atom. The highest BCUT2D eigenvalue weighted by Gasteiger charge is 2.24. The van der Waals surface area contributed by atoms with E-state index in [0.717, 1.165) is 38.1 Å². The highest BCUT2D eigenvalue weighted by atomic mass is 35.5. The number of amides is 2. The number of nitrogens with one attached hydrogen (secondary N) is 1. The van der Waals surface area contributed by atoms with Crippen molar-refractivity contribution in [2.45, 2.75) is 38.8 Å². The summed E-state index contributed by atoms with van der Waals surface area (Å²) >= 11 is 5.80. The first-order valence-electron chi connectivity index (χ1n) is 8.97. The van der Waals surface area contributed by atoms with Crippen molar-refractivity contribution < 1.29 is 13.7 Å². The summed E-state index contributed by atoms with van der Waals surface area (Å²) in [6.45, 7) is 0.986. The quantitative estimate of drug-likeness (QED) is 0.709. The van der Waals surface area contributed by atoms with Crippen molar-refractivity contribution >= 4 is 29.1 Å². The van der Waals surface area contributed by atoms with Gasteiger partial charge in [-0.3, -0.25) is 4.90 Å². The summed E-state index contributed by atoms with van der Waals surface area (Å²) in [6, 6.07) is 5.08. The van der Waals surface area contributed by atoms with E-state index in [-0.39, 0.29) is 11.6 Å². The van der Waals surface area contributed by atoms with E-state index in [0.29, 0.717) is 17.3 Å². The maximum atomic E-state index is 13.4. The molecule has 10 heteroatoms. The molecule has 8 nitrogen and oxygen atoms in total. The van der Waals surface area contributed by atoms with Crippen LogP contribution >= 0.6 is 11.6 Å². The van der Waals surface area contributed by atoms with Crippen molar-refractivity contribution in [3.63, 3.8) is 0 Å². The number of nitrogens with zero attached hydrogens (tertiary/aromatic N) is 5. The third kappa shape index (κ3) is 3.84. The molecular weight excluding hydrogens is 387 g/mol. The van der Waals surface area contributed by atoms with Crippen LogP contribution in [0.25, 0.3) is 0 Å². The lowest BCUT2D eigenvalue weighted by Gasteiger charge is -2.20. The molecule has 0 aliphatic carbocycles. The lowest BCUT2D eigenvalue weighted by molar-refractivity contribution is 0.256. The summed E-state index contributed by atoms with van der Waals surface area (Å²) in [5.74, 6) is 1.38. The molecule has 2 aromatic heterocycles. The molecule has 0 atom stereocenters. The summed E-state index contributed by atoms with van der Waals surface area (Å²) < 4.78 is 20.3. The van der Waals surface area contributed by atoms with Crippen LogP contribution in [0.1, 0.15) is 30.9 Å². The number of hydrogen-bond donors (Lipinski definition) is 1. The van der Waals surface area contributed by atoms with E-state index < -0.39 is 11.8 Å². The summed E-state index contributed by atoms with van der Waals surface area (Å²) in [6.07, 6.45) is 5.52. The summed E-state index contributed by atoms with van der Waals surface area (Å²) in [4.78, 5) is 14.3. The van der Waals surface area contributed by atoms with E-state index in [2.05, 4.69) is 25.2 Å². The molecule has 3 heterocycles. The molecule has 0 unspecified atom stereocenters. The van der Waals surface area contributed by atoms with Crippen LogP contribution in [0, 0.1) is 5.82 Å². The first kappa shape index (κ1) is 18.4. The zero-order chi connectivity index (χ0) is 19.5. The van der Waals surface area contributed by atoms with Gasteiger partial charge in [-0.05, 0) is 31.0 Å². The van der Waals surface area contributed by atoms with Crippen LogP contribution in [0.15, 0.2) is 35.1 Å². The third-order valence-corrected chi connectivity index (χ3v) is 4.89. The smallest absolute Gasteiger partial charge is 0.328 e. The Morgan fingerprint density at radius 2 is 2.18 bits per heavy atom. The van der Waals surface area contributed by atoms with Crippen molar-refractivity contribution in [2.75, 3.05) is 10.2 Å². The molecule has 28 heavy (non-hydrogen) atoms. The molecule has 0 bridgehead atoms. The lowest BCUT2D eigenvalue weighted by atomic mass is 10.2. The van der Waals surface area contributed by atoms with Crippen LogP contribution in [0.3, 0.4) is 0 Å². The van der Waals surface area contributed by atoms with E-state index >= 15 is 0 Å². The van der Waals surface area contributed by atoms with Gasteiger partial charge in [0.2, 0.25) is 0 Å². The number of fused-ring (bicyclic) bond motifs is 1. The number of rotatable bonds is 4. The Hall–Kier alpha value is -2.94. The molecule has 1 aromatic carbocycles. The minimum atomic E-state index is -0.556. The number of benzene rings is 1. The van der Waals surface area contributed by atoms with Crippen LogP contribution in [-0.4, -0.2) is 26.0 Å². The fraction of sp³-hybridized carbons (Fsp3) is 0.333. The number of aromatic nitrogens is 4. The summed E-state index contributed by atoms with van der Waals surface area (Å²) in [5.41, 5.74) is 0.366. The van der Waals surface area contributed by atoms with E-state index in [1.807, 2.05) is 0 Å². The molecule has 0 radical (unpaired) electrons. The summed E-state index contributed by atoms with van der Waals surface area (Å²) in [7, 11) is 0. The zero-order valence-electron chi connectivity index (χ0n) is 14.9. The average Bonchev–Trinajstić information content (AvgIpc) is 3.27. The topological polar surface area (TPSA) is 89.1 Å². The molecule has 3 aromatic rings. The van der Waals surface area contributed by atoms with Crippen LogP contribution in [0.2, 0.25) is 5.02 Å². The van der Waals surface area contributed by atoms with Gasteiger partial charge in [-0.1, -0.05) is 23.2 Å². The number of hydrogen-bond acceptors (Lipinski definition) is 5. The van der Waals surface area contributed by atoms with Crippen LogP contribution in [-0.2, 0) is 19.5 Å². The van der Waals surface area contributed by atoms with Gasteiger partial charge in [0.05, 0.1) is 11.6 Å². The van der Waals surface area contributed by atoms with Gasteiger partial charge in [-0.15, -0.1) is 10.2 Å². The maximum Gasteiger partial charge on any atom is 0.328 e. The minimum Gasteiger partial charge on any atom is -0.363 e. The predicted octanol–water partition coefficient (Wildman–Crippen LogP) is 4.02. The molecule has 1 aliphatic rings. The molecule has 0 saturated heterocycles. The Balaban J connectivity index is 1.58. The predicted molar refractivity (Wildman–Crippen MR) is 101 cm³/mol. The first-order chi connectivity index (χ1) is 13.6. The Morgan fingerprint density at radius 3 is 2.96 bits per heavy atom. The standard InChI is InChI=1S/C18H18ClFN6O2/c19-13-10-12(5-6-14(13)20)21-18(27)26(16-7-9-28-24-16)11-17-23-22-15-4-2-1-3-8-25(15)17/h5-7,9-10H,1-4,8,11H2,(H,21,27). The number of anilines is 2. The van der Waals surface area contributed by atoms with Gasteiger partial charge < -0.3 is 14.4 Å². The van der Waals surface area contributed by atoms with E-state index in [1.165, 1.54) is 29.4 Å². The third-order valence-electron chi connectivity index (χ3n) is 4.60. The van der Waals surface area contributed by atoms with Crippen LogP contribution in [0.5, 0.6) is 0 Å². The van der Waals surface area contributed by atoms with E-state index in [1.54, 1.807) is 6.07 Å². The van der Waals surface area contributed by atoms with Crippen molar-refractivity contribution in [2.24, 2.45) is 0 Å². The van der Waals surface area contributed by atoms with Gasteiger partial charge in [0.1, 0.15) is 17.9 Å². The average molecular weight is 405 g/mol.